The van der Waals surface area contributed by atoms with E-state index in [0.717, 1.165) is 21.6 Å². The fourth-order valence-corrected chi connectivity index (χ4v) is 2.40. The number of anilines is 2. The van der Waals surface area contributed by atoms with Crippen LogP contribution >= 0.6 is 11.3 Å². The first-order valence-electron chi connectivity index (χ1n) is 5.59. The van der Waals surface area contributed by atoms with Gasteiger partial charge in [0.2, 0.25) is 5.13 Å². The van der Waals surface area contributed by atoms with Gasteiger partial charge in [0.15, 0.2) is 0 Å². The summed E-state index contributed by atoms with van der Waals surface area (Å²) in [5, 5.41) is 12.9. The van der Waals surface area contributed by atoms with Crippen LogP contribution in [-0.4, -0.2) is 31.4 Å². The minimum absolute atomic E-state index is 0.708. The Morgan fingerprint density at radius 3 is 2.78 bits per heavy atom. The Labute approximate surface area is 110 Å². The quantitative estimate of drug-likeness (QED) is 0.897. The molecule has 18 heavy (non-hydrogen) atoms. The fourth-order valence-electron chi connectivity index (χ4n) is 1.65. The third kappa shape index (κ3) is 2.70. The van der Waals surface area contributed by atoms with Gasteiger partial charge in [0.25, 0.3) is 0 Å². The van der Waals surface area contributed by atoms with E-state index in [9.17, 15) is 0 Å². The Hall–Kier alpha value is -1.82. The summed E-state index contributed by atoms with van der Waals surface area (Å²) >= 11 is 1.55. The van der Waals surface area contributed by atoms with Gasteiger partial charge in [-0.3, -0.25) is 0 Å². The van der Waals surface area contributed by atoms with E-state index in [2.05, 4.69) is 20.4 Å². The molecule has 0 aliphatic rings. The average molecular weight is 264 g/mol. The van der Waals surface area contributed by atoms with Crippen LogP contribution in [0.5, 0.6) is 5.75 Å². The van der Waals surface area contributed by atoms with Gasteiger partial charge in [-0.1, -0.05) is 23.5 Å². The lowest BCUT2D eigenvalue weighted by Gasteiger charge is -2.20. The predicted molar refractivity (Wildman–Crippen MR) is 74.6 cm³/mol. The van der Waals surface area contributed by atoms with Crippen LogP contribution in [-0.2, 0) is 6.54 Å². The van der Waals surface area contributed by atoms with Crippen LogP contribution in [0.3, 0.4) is 0 Å². The number of hydrogen-bond acceptors (Lipinski definition) is 6. The van der Waals surface area contributed by atoms with E-state index in [4.69, 9.17) is 4.74 Å². The smallest absolute Gasteiger partial charge is 0.205 e. The van der Waals surface area contributed by atoms with Crippen molar-refractivity contribution in [3.8, 4) is 5.75 Å². The number of rotatable bonds is 5. The van der Waals surface area contributed by atoms with Crippen molar-refractivity contribution in [3.05, 3.63) is 29.3 Å². The third-order valence-corrected chi connectivity index (χ3v) is 3.48. The number of nitrogens with zero attached hydrogens (tertiary/aromatic N) is 3. The summed E-state index contributed by atoms with van der Waals surface area (Å²) in [6, 6.07) is 7.93. The number of para-hydroxylation sites is 2. The summed E-state index contributed by atoms with van der Waals surface area (Å²) < 4.78 is 5.34. The van der Waals surface area contributed by atoms with Gasteiger partial charge in [-0.25, -0.2) is 0 Å². The largest absolute Gasteiger partial charge is 0.495 e. The molecule has 6 heteroatoms. The number of methoxy groups -OCH3 is 1. The van der Waals surface area contributed by atoms with Crippen LogP contribution < -0.4 is 15.0 Å². The first kappa shape index (κ1) is 12.6. The molecule has 0 fully saturated rings. The zero-order chi connectivity index (χ0) is 13.0. The van der Waals surface area contributed by atoms with Gasteiger partial charge in [0, 0.05) is 14.1 Å². The molecular formula is C12H16N4OS. The highest BCUT2D eigenvalue weighted by molar-refractivity contribution is 7.15. The van der Waals surface area contributed by atoms with Crippen molar-refractivity contribution in [3.63, 3.8) is 0 Å². The van der Waals surface area contributed by atoms with E-state index in [1.165, 1.54) is 0 Å². The Morgan fingerprint density at radius 2 is 2.11 bits per heavy atom. The van der Waals surface area contributed by atoms with Crippen molar-refractivity contribution in [2.24, 2.45) is 0 Å². The van der Waals surface area contributed by atoms with Crippen LogP contribution in [0.2, 0.25) is 0 Å². The Bertz CT molecular complexity index is 514. The topological polar surface area (TPSA) is 50.3 Å². The van der Waals surface area contributed by atoms with Gasteiger partial charge < -0.3 is 15.0 Å². The van der Waals surface area contributed by atoms with Gasteiger partial charge in [0.1, 0.15) is 10.8 Å². The van der Waals surface area contributed by atoms with Crippen molar-refractivity contribution in [1.82, 2.24) is 10.2 Å². The van der Waals surface area contributed by atoms with Gasteiger partial charge in [-0.15, -0.1) is 10.2 Å². The highest BCUT2D eigenvalue weighted by Gasteiger charge is 2.10. The Kier molecular flexibility index (Phi) is 3.99. The zero-order valence-electron chi connectivity index (χ0n) is 10.7. The lowest BCUT2D eigenvalue weighted by atomic mass is 10.2. The van der Waals surface area contributed by atoms with Crippen molar-refractivity contribution in [2.45, 2.75) is 6.54 Å². The minimum atomic E-state index is 0.708. The number of hydrogen-bond donors (Lipinski definition) is 1. The SMILES string of the molecule is CNc1nnc(CN(C)c2ccccc2OC)s1. The maximum Gasteiger partial charge on any atom is 0.205 e. The number of benzene rings is 1. The molecule has 2 aromatic rings. The number of nitrogens with one attached hydrogen (secondary N) is 1. The summed E-state index contributed by atoms with van der Waals surface area (Å²) in [4.78, 5) is 2.10. The molecule has 2 rings (SSSR count). The molecule has 0 amide bonds. The Balaban J connectivity index is 2.13. The van der Waals surface area contributed by atoms with Gasteiger partial charge >= 0.3 is 0 Å². The first-order chi connectivity index (χ1) is 8.74. The van der Waals surface area contributed by atoms with Gasteiger partial charge in [-0.05, 0) is 12.1 Å². The molecule has 0 saturated heterocycles. The van der Waals surface area contributed by atoms with Gasteiger partial charge in [0.05, 0.1) is 19.3 Å². The lowest BCUT2D eigenvalue weighted by Crippen LogP contribution is -2.16. The molecule has 1 aromatic heterocycles. The second-order valence-electron chi connectivity index (χ2n) is 3.78. The summed E-state index contributed by atoms with van der Waals surface area (Å²) in [7, 11) is 5.53. The van der Waals surface area contributed by atoms with Crippen molar-refractivity contribution in [1.29, 1.82) is 0 Å². The molecule has 1 heterocycles. The molecule has 0 unspecified atom stereocenters. The first-order valence-corrected chi connectivity index (χ1v) is 6.40. The van der Waals surface area contributed by atoms with Crippen molar-refractivity contribution in [2.75, 3.05) is 31.4 Å². The molecule has 0 aliphatic heterocycles. The molecule has 0 saturated carbocycles. The molecule has 96 valence electrons. The molecular weight excluding hydrogens is 248 g/mol. The number of aromatic nitrogens is 2. The molecule has 0 aliphatic carbocycles. The summed E-state index contributed by atoms with van der Waals surface area (Å²) in [5.41, 5.74) is 1.04. The normalized spacial score (nSPS) is 10.2. The molecule has 0 bridgehead atoms. The summed E-state index contributed by atoms with van der Waals surface area (Å²) in [6.45, 7) is 0.708. The highest BCUT2D eigenvalue weighted by Crippen LogP contribution is 2.28. The number of ether oxygens (including phenoxy) is 1. The van der Waals surface area contributed by atoms with Crippen LogP contribution in [0.15, 0.2) is 24.3 Å². The monoisotopic (exact) mass is 264 g/mol. The molecule has 5 nitrogen and oxygen atoms in total. The van der Waals surface area contributed by atoms with E-state index in [1.54, 1.807) is 18.4 Å². The van der Waals surface area contributed by atoms with E-state index in [-0.39, 0.29) is 0 Å². The van der Waals surface area contributed by atoms with Crippen LogP contribution in [0, 0.1) is 0 Å². The average Bonchev–Trinajstić information content (AvgIpc) is 2.86. The molecule has 0 atom stereocenters. The Morgan fingerprint density at radius 1 is 1.33 bits per heavy atom. The maximum absolute atomic E-state index is 5.34. The second kappa shape index (κ2) is 5.68. The van der Waals surface area contributed by atoms with E-state index < -0.39 is 0 Å². The minimum Gasteiger partial charge on any atom is -0.495 e. The molecule has 0 spiro atoms. The molecule has 1 aromatic carbocycles. The van der Waals surface area contributed by atoms with Crippen LogP contribution in [0.4, 0.5) is 10.8 Å². The highest BCUT2D eigenvalue weighted by atomic mass is 32.1. The van der Waals surface area contributed by atoms with Gasteiger partial charge in [-0.2, -0.15) is 0 Å². The lowest BCUT2D eigenvalue weighted by molar-refractivity contribution is 0.415. The van der Waals surface area contributed by atoms with E-state index in [1.807, 2.05) is 38.4 Å². The fraction of sp³-hybridized carbons (Fsp3) is 0.333. The van der Waals surface area contributed by atoms with Crippen molar-refractivity contribution < 1.29 is 4.74 Å². The van der Waals surface area contributed by atoms with Crippen LogP contribution in [0.25, 0.3) is 0 Å². The molecule has 0 radical (unpaired) electrons. The summed E-state index contributed by atoms with van der Waals surface area (Å²) in [6.07, 6.45) is 0. The summed E-state index contributed by atoms with van der Waals surface area (Å²) in [5.74, 6) is 0.860. The van der Waals surface area contributed by atoms with E-state index >= 15 is 0 Å². The zero-order valence-corrected chi connectivity index (χ0v) is 11.5. The maximum atomic E-state index is 5.34. The predicted octanol–water partition coefficient (Wildman–Crippen LogP) is 2.22. The third-order valence-electron chi connectivity index (χ3n) is 2.55. The molecule has 1 N–H and O–H groups in total. The van der Waals surface area contributed by atoms with E-state index in [0.29, 0.717) is 6.54 Å². The van der Waals surface area contributed by atoms with Crippen LogP contribution in [0.1, 0.15) is 5.01 Å². The van der Waals surface area contributed by atoms with Crippen molar-refractivity contribution >= 4 is 22.2 Å². The standard InChI is InChI=1S/C12H16N4OS/c1-13-12-15-14-11(18-12)8-16(2)9-6-4-5-7-10(9)17-3/h4-7H,8H2,1-3H3,(H,13,15). The second-order valence-corrected chi connectivity index (χ2v) is 4.84.